The number of rotatable bonds is 7. The minimum atomic E-state index is -0.106. The Morgan fingerprint density at radius 1 is 1.31 bits per heavy atom. The predicted molar refractivity (Wildman–Crippen MR) is 57.7 cm³/mol. The molecular formula is C12H22O. The van der Waals surface area contributed by atoms with Gasteiger partial charge in [-0.25, -0.2) is 0 Å². The van der Waals surface area contributed by atoms with Crippen LogP contribution in [0, 0.1) is 5.41 Å². The van der Waals surface area contributed by atoms with E-state index in [4.69, 9.17) is 0 Å². The lowest BCUT2D eigenvalue weighted by molar-refractivity contribution is -0.127. The second kappa shape index (κ2) is 5.95. The molecule has 76 valence electrons. The van der Waals surface area contributed by atoms with Crippen LogP contribution < -0.4 is 0 Å². The average Bonchev–Trinajstić information content (AvgIpc) is 2.05. The molecule has 0 amide bonds. The number of carbonyl (C=O) groups excluding carboxylic acids is 1. The maximum absolute atomic E-state index is 11.6. The normalized spacial score (nSPS) is 11.3. The van der Waals surface area contributed by atoms with E-state index in [1.165, 1.54) is 0 Å². The summed E-state index contributed by atoms with van der Waals surface area (Å²) in [5.41, 5.74) is -0.106. The molecule has 13 heavy (non-hydrogen) atoms. The van der Waals surface area contributed by atoms with Gasteiger partial charge in [0.2, 0.25) is 0 Å². The summed E-state index contributed by atoms with van der Waals surface area (Å²) in [6.45, 7) is 9.73. The van der Waals surface area contributed by atoms with Gasteiger partial charge in [-0.2, -0.15) is 0 Å². The molecule has 0 aliphatic heterocycles. The highest BCUT2D eigenvalue weighted by atomic mass is 16.1. The fourth-order valence-electron chi connectivity index (χ4n) is 2.06. The standard InChI is InChI=1S/C12H22O/c1-5-8-12(9-6-2,10-7-3)11(4)13/h5H,1,6-10H2,2-4H3. The zero-order chi connectivity index (χ0) is 10.3. The van der Waals surface area contributed by atoms with Crippen LogP contribution in [0.3, 0.4) is 0 Å². The molecule has 0 aliphatic carbocycles. The number of ketones is 1. The minimum absolute atomic E-state index is 0.106. The highest BCUT2D eigenvalue weighted by molar-refractivity contribution is 5.82. The minimum Gasteiger partial charge on any atom is -0.299 e. The molecule has 0 fully saturated rings. The quantitative estimate of drug-likeness (QED) is 0.548. The summed E-state index contributed by atoms with van der Waals surface area (Å²) in [6, 6.07) is 0. The van der Waals surface area contributed by atoms with Gasteiger partial charge < -0.3 is 0 Å². The van der Waals surface area contributed by atoms with Crippen molar-refractivity contribution in [3.05, 3.63) is 12.7 Å². The van der Waals surface area contributed by atoms with Crippen LogP contribution in [0.5, 0.6) is 0 Å². The van der Waals surface area contributed by atoms with Crippen LogP contribution in [-0.4, -0.2) is 5.78 Å². The largest absolute Gasteiger partial charge is 0.299 e. The lowest BCUT2D eigenvalue weighted by Crippen LogP contribution is -2.28. The number of Topliss-reactive ketones (excluding diaryl/α,β-unsaturated/α-hetero) is 1. The molecule has 0 radical (unpaired) electrons. The Bertz CT molecular complexity index is 164. The SMILES string of the molecule is C=CCC(CCC)(CCC)C(C)=O. The van der Waals surface area contributed by atoms with Crippen LogP contribution in [0.2, 0.25) is 0 Å². The molecule has 0 N–H and O–H groups in total. The van der Waals surface area contributed by atoms with E-state index in [0.717, 1.165) is 32.1 Å². The summed E-state index contributed by atoms with van der Waals surface area (Å²) in [4.78, 5) is 11.6. The molecule has 0 saturated heterocycles. The summed E-state index contributed by atoms with van der Waals surface area (Å²) in [5, 5.41) is 0. The average molecular weight is 182 g/mol. The first-order chi connectivity index (χ1) is 6.13. The molecule has 0 aromatic heterocycles. The Balaban J connectivity index is 4.57. The van der Waals surface area contributed by atoms with Gasteiger partial charge in [0.05, 0.1) is 0 Å². The van der Waals surface area contributed by atoms with Crippen LogP contribution in [0.25, 0.3) is 0 Å². The molecule has 0 bridgehead atoms. The van der Waals surface area contributed by atoms with Crippen LogP contribution in [0.4, 0.5) is 0 Å². The second-order valence-electron chi connectivity index (χ2n) is 3.83. The molecule has 0 heterocycles. The molecule has 0 unspecified atom stereocenters. The topological polar surface area (TPSA) is 17.1 Å². The maximum Gasteiger partial charge on any atom is 0.136 e. The zero-order valence-electron chi connectivity index (χ0n) is 9.23. The van der Waals surface area contributed by atoms with E-state index >= 15 is 0 Å². The molecule has 0 aromatic rings. The summed E-state index contributed by atoms with van der Waals surface area (Å²) >= 11 is 0. The van der Waals surface area contributed by atoms with Crippen molar-refractivity contribution in [2.45, 2.75) is 52.9 Å². The van der Waals surface area contributed by atoms with Gasteiger partial charge in [-0.1, -0.05) is 32.8 Å². The fourth-order valence-corrected chi connectivity index (χ4v) is 2.06. The smallest absolute Gasteiger partial charge is 0.136 e. The number of carbonyl (C=O) groups is 1. The molecule has 1 nitrogen and oxygen atoms in total. The van der Waals surface area contributed by atoms with E-state index in [2.05, 4.69) is 20.4 Å². The maximum atomic E-state index is 11.6. The molecule has 0 spiro atoms. The lowest BCUT2D eigenvalue weighted by Gasteiger charge is -2.29. The van der Waals surface area contributed by atoms with E-state index in [1.807, 2.05) is 6.08 Å². The van der Waals surface area contributed by atoms with Crippen molar-refractivity contribution in [2.24, 2.45) is 5.41 Å². The van der Waals surface area contributed by atoms with Gasteiger partial charge in [0.1, 0.15) is 5.78 Å². The predicted octanol–water partition coefficient (Wildman–Crippen LogP) is 3.74. The van der Waals surface area contributed by atoms with Crippen molar-refractivity contribution in [3.8, 4) is 0 Å². The molecule has 1 heteroatoms. The van der Waals surface area contributed by atoms with Gasteiger partial charge in [0.15, 0.2) is 0 Å². The van der Waals surface area contributed by atoms with E-state index in [9.17, 15) is 4.79 Å². The third-order valence-corrected chi connectivity index (χ3v) is 2.74. The molecule has 0 saturated carbocycles. The highest BCUT2D eigenvalue weighted by Crippen LogP contribution is 2.34. The first kappa shape index (κ1) is 12.4. The summed E-state index contributed by atoms with van der Waals surface area (Å²) in [5.74, 6) is 0.330. The van der Waals surface area contributed by atoms with Crippen LogP contribution in [0.15, 0.2) is 12.7 Å². The Morgan fingerprint density at radius 2 is 1.77 bits per heavy atom. The summed E-state index contributed by atoms with van der Waals surface area (Å²) in [6.07, 6.45) is 6.88. The molecule has 0 aromatic carbocycles. The second-order valence-corrected chi connectivity index (χ2v) is 3.83. The first-order valence-electron chi connectivity index (χ1n) is 5.25. The van der Waals surface area contributed by atoms with Crippen molar-refractivity contribution in [1.82, 2.24) is 0 Å². The van der Waals surface area contributed by atoms with E-state index in [-0.39, 0.29) is 5.41 Å². The van der Waals surface area contributed by atoms with E-state index in [1.54, 1.807) is 6.92 Å². The Kier molecular flexibility index (Phi) is 5.68. The molecule has 0 aliphatic rings. The number of hydrogen-bond acceptors (Lipinski definition) is 1. The molecule has 0 atom stereocenters. The van der Waals surface area contributed by atoms with Crippen molar-refractivity contribution in [2.75, 3.05) is 0 Å². The van der Waals surface area contributed by atoms with Gasteiger partial charge in [-0.15, -0.1) is 6.58 Å². The van der Waals surface area contributed by atoms with Crippen LogP contribution >= 0.6 is 0 Å². The Morgan fingerprint density at radius 3 is 2.00 bits per heavy atom. The fraction of sp³-hybridized carbons (Fsp3) is 0.750. The van der Waals surface area contributed by atoms with Crippen LogP contribution in [0.1, 0.15) is 52.9 Å². The van der Waals surface area contributed by atoms with Crippen molar-refractivity contribution < 1.29 is 4.79 Å². The van der Waals surface area contributed by atoms with Gasteiger partial charge in [0.25, 0.3) is 0 Å². The summed E-state index contributed by atoms with van der Waals surface area (Å²) in [7, 11) is 0. The van der Waals surface area contributed by atoms with Gasteiger partial charge in [0, 0.05) is 5.41 Å². The van der Waals surface area contributed by atoms with Crippen molar-refractivity contribution >= 4 is 5.78 Å². The Labute approximate surface area is 82.2 Å². The molecular weight excluding hydrogens is 160 g/mol. The third-order valence-electron chi connectivity index (χ3n) is 2.74. The Hall–Kier alpha value is -0.590. The zero-order valence-corrected chi connectivity index (χ0v) is 9.23. The highest BCUT2D eigenvalue weighted by Gasteiger charge is 2.31. The van der Waals surface area contributed by atoms with Gasteiger partial charge in [-0.3, -0.25) is 4.79 Å². The van der Waals surface area contributed by atoms with Crippen LogP contribution in [-0.2, 0) is 4.79 Å². The van der Waals surface area contributed by atoms with Crippen molar-refractivity contribution in [1.29, 1.82) is 0 Å². The first-order valence-corrected chi connectivity index (χ1v) is 5.25. The third kappa shape index (κ3) is 3.33. The van der Waals surface area contributed by atoms with Gasteiger partial charge >= 0.3 is 0 Å². The monoisotopic (exact) mass is 182 g/mol. The molecule has 0 rings (SSSR count). The van der Waals surface area contributed by atoms with Crippen molar-refractivity contribution in [3.63, 3.8) is 0 Å². The van der Waals surface area contributed by atoms with E-state index in [0.29, 0.717) is 5.78 Å². The number of hydrogen-bond donors (Lipinski definition) is 0. The van der Waals surface area contributed by atoms with E-state index < -0.39 is 0 Å². The number of allylic oxidation sites excluding steroid dienone is 1. The lowest BCUT2D eigenvalue weighted by atomic mass is 9.73. The van der Waals surface area contributed by atoms with Gasteiger partial charge in [-0.05, 0) is 26.2 Å². The summed E-state index contributed by atoms with van der Waals surface area (Å²) < 4.78 is 0.